The second-order valence-corrected chi connectivity index (χ2v) is 11.4. The van der Waals surface area contributed by atoms with Crippen LogP contribution in [0.1, 0.15) is 49.0 Å². The molecular weight excluding hydrogens is 422 g/mol. The van der Waals surface area contributed by atoms with Gasteiger partial charge in [-0.2, -0.15) is 4.31 Å². The maximum atomic E-state index is 13.2. The van der Waals surface area contributed by atoms with Gasteiger partial charge in [-0.15, -0.1) is 0 Å². The summed E-state index contributed by atoms with van der Waals surface area (Å²) in [7, 11) is -3.63. The molecular formula is C25H33N3O3S. The predicted molar refractivity (Wildman–Crippen MR) is 127 cm³/mol. The third-order valence-electron chi connectivity index (χ3n) is 6.36. The third-order valence-corrected chi connectivity index (χ3v) is 8.19. The van der Waals surface area contributed by atoms with E-state index in [2.05, 4.69) is 30.1 Å². The van der Waals surface area contributed by atoms with E-state index in [1.165, 1.54) is 18.9 Å². The Hall–Kier alpha value is -2.22. The van der Waals surface area contributed by atoms with Crippen molar-refractivity contribution in [2.24, 2.45) is 11.8 Å². The molecule has 172 valence electrons. The molecule has 0 bridgehead atoms. The van der Waals surface area contributed by atoms with Crippen molar-refractivity contribution in [3.63, 3.8) is 0 Å². The smallest absolute Gasteiger partial charge is 0.255 e. The Morgan fingerprint density at radius 2 is 1.69 bits per heavy atom. The van der Waals surface area contributed by atoms with Crippen LogP contribution in [-0.4, -0.2) is 49.7 Å². The van der Waals surface area contributed by atoms with Gasteiger partial charge in [-0.1, -0.05) is 32.0 Å². The molecule has 2 fully saturated rings. The fourth-order valence-electron chi connectivity index (χ4n) is 4.90. The lowest BCUT2D eigenvalue weighted by Crippen LogP contribution is -2.42. The van der Waals surface area contributed by atoms with E-state index in [0.29, 0.717) is 30.5 Å². The van der Waals surface area contributed by atoms with Crippen LogP contribution in [0.25, 0.3) is 0 Å². The minimum Gasteiger partial charge on any atom is -0.322 e. The number of piperidine rings is 1. The minimum absolute atomic E-state index is 0.175. The predicted octanol–water partition coefficient (Wildman–Crippen LogP) is 4.20. The summed E-state index contributed by atoms with van der Waals surface area (Å²) >= 11 is 0. The van der Waals surface area contributed by atoms with Crippen molar-refractivity contribution in [1.82, 2.24) is 9.21 Å². The first-order valence-electron chi connectivity index (χ1n) is 11.5. The summed E-state index contributed by atoms with van der Waals surface area (Å²) < 4.78 is 28.0. The zero-order valence-corrected chi connectivity index (χ0v) is 19.8. The largest absolute Gasteiger partial charge is 0.322 e. The van der Waals surface area contributed by atoms with E-state index in [1.807, 2.05) is 18.2 Å². The maximum absolute atomic E-state index is 13.2. The zero-order chi connectivity index (χ0) is 22.7. The fraction of sp³-hybridized carbons (Fsp3) is 0.480. The van der Waals surface area contributed by atoms with Crippen molar-refractivity contribution in [1.29, 1.82) is 0 Å². The van der Waals surface area contributed by atoms with Gasteiger partial charge in [-0.3, -0.25) is 9.69 Å². The summed E-state index contributed by atoms with van der Waals surface area (Å²) in [6.45, 7) is 8.32. The molecule has 0 saturated carbocycles. The van der Waals surface area contributed by atoms with Crippen molar-refractivity contribution in [3.8, 4) is 0 Å². The van der Waals surface area contributed by atoms with Gasteiger partial charge >= 0.3 is 0 Å². The molecule has 1 N–H and O–H groups in total. The van der Waals surface area contributed by atoms with E-state index in [-0.39, 0.29) is 10.8 Å². The number of hydrogen-bond donors (Lipinski definition) is 1. The Labute approximate surface area is 191 Å². The van der Waals surface area contributed by atoms with Gasteiger partial charge in [0.2, 0.25) is 10.0 Å². The highest BCUT2D eigenvalue weighted by molar-refractivity contribution is 7.89. The summed E-state index contributed by atoms with van der Waals surface area (Å²) in [4.78, 5) is 15.5. The Kier molecular flexibility index (Phi) is 6.98. The number of carbonyl (C=O) groups is 1. The van der Waals surface area contributed by atoms with Crippen LogP contribution >= 0.6 is 0 Å². The highest BCUT2D eigenvalue weighted by Crippen LogP contribution is 2.27. The normalized spacial score (nSPS) is 22.7. The molecule has 2 aliphatic rings. The van der Waals surface area contributed by atoms with Crippen molar-refractivity contribution in [2.45, 2.75) is 44.6 Å². The van der Waals surface area contributed by atoms with Crippen LogP contribution in [0.5, 0.6) is 0 Å². The highest BCUT2D eigenvalue weighted by Gasteiger charge is 2.32. The fourth-order valence-corrected chi connectivity index (χ4v) is 6.62. The van der Waals surface area contributed by atoms with E-state index in [1.54, 1.807) is 22.5 Å². The monoisotopic (exact) mass is 455 g/mol. The molecule has 4 rings (SSSR count). The Bertz CT molecular complexity index is 1050. The molecule has 7 heteroatoms. The molecule has 0 aliphatic carbocycles. The third kappa shape index (κ3) is 5.39. The first-order chi connectivity index (χ1) is 15.3. The summed E-state index contributed by atoms with van der Waals surface area (Å²) in [5.74, 6) is 0.349. The van der Waals surface area contributed by atoms with Gasteiger partial charge in [-0.05, 0) is 80.1 Å². The van der Waals surface area contributed by atoms with Gasteiger partial charge in [0, 0.05) is 30.9 Å². The van der Waals surface area contributed by atoms with Crippen LogP contribution in [0.3, 0.4) is 0 Å². The standard InChI is InChI=1S/C25H33N3O3S/c1-19-13-20(2)17-28(16-19)32(30,31)24-10-6-8-22(15-24)25(29)26-23-9-5-7-21(14-23)18-27-11-3-4-12-27/h5-10,14-15,19-20H,3-4,11-13,16-18H2,1-2H3,(H,26,29). The molecule has 0 spiro atoms. The van der Waals surface area contributed by atoms with Gasteiger partial charge in [-0.25, -0.2) is 8.42 Å². The van der Waals surface area contributed by atoms with Crippen LogP contribution in [-0.2, 0) is 16.6 Å². The lowest BCUT2D eigenvalue weighted by atomic mass is 9.94. The maximum Gasteiger partial charge on any atom is 0.255 e. The molecule has 1 amide bonds. The topological polar surface area (TPSA) is 69.7 Å². The molecule has 2 aromatic carbocycles. The number of nitrogens with zero attached hydrogens (tertiary/aromatic N) is 2. The Balaban J connectivity index is 1.48. The molecule has 2 aliphatic heterocycles. The molecule has 0 radical (unpaired) electrons. The van der Waals surface area contributed by atoms with Crippen LogP contribution in [0, 0.1) is 11.8 Å². The van der Waals surface area contributed by atoms with Crippen LogP contribution in [0.15, 0.2) is 53.4 Å². The lowest BCUT2D eigenvalue weighted by molar-refractivity contribution is 0.102. The zero-order valence-electron chi connectivity index (χ0n) is 19.0. The Morgan fingerprint density at radius 1 is 1.00 bits per heavy atom. The number of likely N-dealkylation sites (tertiary alicyclic amines) is 1. The first-order valence-corrected chi connectivity index (χ1v) is 13.0. The van der Waals surface area contributed by atoms with Crippen LogP contribution in [0.2, 0.25) is 0 Å². The number of anilines is 1. The van der Waals surface area contributed by atoms with Crippen LogP contribution < -0.4 is 5.32 Å². The van der Waals surface area contributed by atoms with E-state index in [9.17, 15) is 13.2 Å². The number of sulfonamides is 1. The number of hydrogen-bond acceptors (Lipinski definition) is 4. The lowest BCUT2D eigenvalue weighted by Gasteiger charge is -2.34. The van der Waals surface area contributed by atoms with E-state index >= 15 is 0 Å². The molecule has 2 unspecified atom stereocenters. The van der Waals surface area contributed by atoms with E-state index < -0.39 is 10.0 Å². The molecule has 32 heavy (non-hydrogen) atoms. The second-order valence-electron chi connectivity index (χ2n) is 9.43. The molecule has 2 heterocycles. The number of nitrogens with one attached hydrogen (secondary N) is 1. The quantitative estimate of drug-likeness (QED) is 0.709. The van der Waals surface area contributed by atoms with E-state index in [4.69, 9.17) is 0 Å². The molecule has 0 aromatic heterocycles. The molecule has 2 aromatic rings. The first kappa shape index (κ1) is 23.0. The van der Waals surface area contributed by atoms with Gasteiger partial charge in [0.1, 0.15) is 0 Å². The Morgan fingerprint density at radius 3 is 2.41 bits per heavy atom. The number of benzene rings is 2. The number of carbonyl (C=O) groups excluding carboxylic acids is 1. The van der Waals surface area contributed by atoms with Crippen molar-refractivity contribution in [3.05, 3.63) is 59.7 Å². The number of rotatable bonds is 6. The van der Waals surface area contributed by atoms with Crippen molar-refractivity contribution in [2.75, 3.05) is 31.5 Å². The van der Waals surface area contributed by atoms with Gasteiger partial charge < -0.3 is 5.32 Å². The SMILES string of the molecule is CC1CC(C)CN(S(=O)(=O)c2cccc(C(=O)Nc3cccc(CN4CCCC4)c3)c2)C1. The van der Waals surface area contributed by atoms with Crippen molar-refractivity contribution < 1.29 is 13.2 Å². The second kappa shape index (κ2) is 9.73. The van der Waals surface area contributed by atoms with Gasteiger partial charge in [0.15, 0.2) is 0 Å². The highest BCUT2D eigenvalue weighted by atomic mass is 32.2. The summed E-state index contributed by atoms with van der Waals surface area (Å²) in [6.07, 6.45) is 3.52. The molecule has 6 nitrogen and oxygen atoms in total. The minimum atomic E-state index is -3.63. The van der Waals surface area contributed by atoms with E-state index in [0.717, 1.165) is 37.3 Å². The molecule has 2 saturated heterocycles. The summed E-state index contributed by atoms with van der Waals surface area (Å²) in [5.41, 5.74) is 2.22. The van der Waals surface area contributed by atoms with Crippen LogP contribution in [0.4, 0.5) is 5.69 Å². The number of amides is 1. The average Bonchev–Trinajstić information content (AvgIpc) is 3.26. The average molecular weight is 456 g/mol. The van der Waals surface area contributed by atoms with Gasteiger partial charge in [0.05, 0.1) is 4.90 Å². The van der Waals surface area contributed by atoms with Crippen molar-refractivity contribution >= 4 is 21.6 Å². The summed E-state index contributed by atoms with van der Waals surface area (Å²) in [5, 5.41) is 2.93. The molecule has 2 atom stereocenters. The van der Waals surface area contributed by atoms with Gasteiger partial charge in [0.25, 0.3) is 5.91 Å². The summed E-state index contributed by atoms with van der Waals surface area (Å²) in [6, 6.07) is 14.2.